The van der Waals surface area contributed by atoms with Gasteiger partial charge in [0.15, 0.2) is 0 Å². The lowest BCUT2D eigenvalue weighted by Gasteiger charge is -2.30. The van der Waals surface area contributed by atoms with Crippen molar-refractivity contribution in [2.45, 2.75) is 32.7 Å². The molecule has 33 heavy (non-hydrogen) atoms. The molecule has 3 aromatic rings. The van der Waals surface area contributed by atoms with Crippen LogP contribution in [0.1, 0.15) is 37.1 Å². The topological polar surface area (TPSA) is 62.3 Å². The molecular weight excluding hydrogens is 458 g/mol. The molecule has 0 fully saturated rings. The molecule has 0 atom stereocenters. The summed E-state index contributed by atoms with van der Waals surface area (Å²) in [5.74, 6) is -8.30. The first-order chi connectivity index (χ1) is 15.6. The summed E-state index contributed by atoms with van der Waals surface area (Å²) < 4.78 is 58.1. The van der Waals surface area contributed by atoms with Crippen LogP contribution >= 0.6 is 11.3 Å². The minimum Gasteiger partial charge on any atom is -0.331 e. The van der Waals surface area contributed by atoms with Crippen molar-refractivity contribution in [3.05, 3.63) is 80.3 Å². The monoisotopic (exact) mass is 477 g/mol. The summed E-state index contributed by atoms with van der Waals surface area (Å²) in [6.45, 7) is 3.28. The molecule has 0 bridgehead atoms. The molecule has 0 saturated heterocycles. The Kier molecular flexibility index (Phi) is 5.96. The van der Waals surface area contributed by atoms with E-state index < -0.39 is 34.9 Å². The molecule has 0 saturated carbocycles. The van der Waals surface area contributed by atoms with Gasteiger partial charge >= 0.3 is 5.92 Å². The number of benzene rings is 2. The number of nitrogens with zero attached hydrogens (tertiary/aromatic N) is 2. The third-order valence-electron chi connectivity index (χ3n) is 5.37. The molecule has 1 aliphatic heterocycles. The Morgan fingerprint density at radius 1 is 1.09 bits per heavy atom. The number of hydrogen-bond acceptors (Lipinski definition) is 4. The maximum Gasteiger partial charge on any atom is 0.352 e. The van der Waals surface area contributed by atoms with Gasteiger partial charge in [-0.05, 0) is 55.8 Å². The average Bonchev–Trinajstić information content (AvgIpc) is 3.15. The molecule has 10 heteroatoms. The van der Waals surface area contributed by atoms with Crippen molar-refractivity contribution in [1.29, 1.82) is 0 Å². The molecule has 5 nitrogen and oxygen atoms in total. The van der Waals surface area contributed by atoms with E-state index in [9.17, 15) is 18.4 Å². The zero-order valence-electron chi connectivity index (χ0n) is 17.7. The van der Waals surface area contributed by atoms with Crippen molar-refractivity contribution in [3.63, 3.8) is 0 Å². The highest BCUT2D eigenvalue weighted by Crippen LogP contribution is 2.35. The van der Waals surface area contributed by atoms with Gasteiger partial charge in [-0.15, -0.1) is 11.3 Å². The van der Waals surface area contributed by atoms with Gasteiger partial charge in [-0.1, -0.05) is 0 Å². The van der Waals surface area contributed by atoms with E-state index in [0.29, 0.717) is 18.2 Å². The molecule has 0 aliphatic carbocycles. The number of fused-ring (bicyclic) bond motifs is 1. The van der Waals surface area contributed by atoms with Crippen LogP contribution in [0.5, 0.6) is 0 Å². The summed E-state index contributed by atoms with van der Waals surface area (Å²) in [6, 6.07) is 6.27. The second-order valence-corrected chi connectivity index (χ2v) is 9.05. The summed E-state index contributed by atoms with van der Waals surface area (Å²) in [5, 5.41) is 3.23. The van der Waals surface area contributed by atoms with E-state index in [-0.39, 0.29) is 29.9 Å². The van der Waals surface area contributed by atoms with Crippen molar-refractivity contribution in [2.75, 3.05) is 11.9 Å². The lowest BCUT2D eigenvalue weighted by molar-refractivity contribution is -0.160. The summed E-state index contributed by atoms with van der Waals surface area (Å²) >= 11 is 1.46. The van der Waals surface area contributed by atoms with E-state index in [1.165, 1.54) is 30.4 Å². The number of carbonyl (C=O) groups excluding carboxylic acids is 2. The second kappa shape index (κ2) is 8.58. The molecule has 2 amide bonds. The summed E-state index contributed by atoms with van der Waals surface area (Å²) in [7, 11) is 0. The highest BCUT2D eigenvalue weighted by Gasteiger charge is 2.47. The van der Waals surface area contributed by atoms with Gasteiger partial charge in [-0.2, -0.15) is 8.78 Å². The number of rotatable bonds is 4. The van der Waals surface area contributed by atoms with Crippen LogP contribution in [0.25, 0.3) is 0 Å². The molecule has 1 aliphatic rings. The van der Waals surface area contributed by atoms with Gasteiger partial charge in [0.2, 0.25) is 0 Å². The van der Waals surface area contributed by atoms with Crippen LogP contribution in [0, 0.1) is 25.5 Å². The van der Waals surface area contributed by atoms with E-state index in [4.69, 9.17) is 0 Å². The maximum absolute atomic E-state index is 15.1. The fourth-order valence-electron chi connectivity index (χ4n) is 3.65. The number of halogens is 4. The predicted molar refractivity (Wildman–Crippen MR) is 115 cm³/mol. The lowest BCUT2D eigenvalue weighted by Crippen LogP contribution is -2.44. The van der Waals surface area contributed by atoms with Gasteiger partial charge in [-0.3, -0.25) is 9.59 Å². The van der Waals surface area contributed by atoms with E-state index in [2.05, 4.69) is 10.3 Å². The third kappa shape index (κ3) is 4.47. The first kappa shape index (κ1) is 22.9. The number of thiazole rings is 1. The zero-order valence-corrected chi connectivity index (χ0v) is 18.5. The van der Waals surface area contributed by atoms with Gasteiger partial charge in [0, 0.05) is 29.1 Å². The molecule has 0 radical (unpaired) electrons. The number of hydrogen-bond donors (Lipinski definition) is 1. The fraction of sp³-hybridized carbons (Fsp3) is 0.261. The number of amides is 2. The van der Waals surface area contributed by atoms with Gasteiger partial charge in [0.1, 0.15) is 11.6 Å². The van der Waals surface area contributed by atoms with E-state index in [1.807, 2.05) is 0 Å². The van der Waals surface area contributed by atoms with Crippen LogP contribution < -0.4 is 5.32 Å². The Morgan fingerprint density at radius 2 is 1.82 bits per heavy atom. The lowest BCUT2D eigenvalue weighted by atomic mass is 10.0. The molecule has 2 heterocycles. The van der Waals surface area contributed by atoms with Gasteiger partial charge in [0.05, 0.1) is 22.8 Å². The Labute approximate surface area is 191 Å². The highest BCUT2D eigenvalue weighted by molar-refractivity contribution is 7.11. The van der Waals surface area contributed by atoms with Crippen LogP contribution in [0.4, 0.5) is 23.2 Å². The molecule has 1 aromatic heterocycles. The average molecular weight is 477 g/mol. The van der Waals surface area contributed by atoms with Gasteiger partial charge in [-0.25, -0.2) is 13.8 Å². The van der Waals surface area contributed by atoms with E-state index in [0.717, 1.165) is 33.0 Å². The molecule has 1 N–H and O–H groups in total. The first-order valence-electron chi connectivity index (χ1n) is 10.1. The van der Waals surface area contributed by atoms with Crippen LogP contribution in [0.15, 0.2) is 36.4 Å². The minimum atomic E-state index is -4.19. The van der Waals surface area contributed by atoms with Gasteiger partial charge < -0.3 is 10.2 Å². The number of aromatic nitrogens is 1. The zero-order chi connectivity index (χ0) is 23.9. The number of alkyl halides is 2. The maximum atomic E-state index is 15.1. The van der Waals surface area contributed by atoms with Crippen molar-refractivity contribution >= 4 is 28.8 Å². The second-order valence-electron chi connectivity index (χ2n) is 7.77. The summed E-state index contributed by atoms with van der Waals surface area (Å²) in [5.41, 5.74) is -0.358. The molecule has 0 unspecified atom stereocenters. The van der Waals surface area contributed by atoms with E-state index >= 15 is 8.78 Å². The summed E-state index contributed by atoms with van der Waals surface area (Å²) in [4.78, 5) is 31.4. The molecule has 2 aromatic carbocycles. The Balaban J connectivity index is 1.57. The number of anilines is 1. The van der Waals surface area contributed by atoms with Crippen LogP contribution in [-0.4, -0.2) is 28.2 Å². The smallest absolute Gasteiger partial charge is 0.331 e. The number of nitrogens with one attached hydrogen (secondary N) is 1. The van der Waals surface area contributed by atoms with E-state index in [1.54, 1.807) is 6.92 Å². The van der Waals surface area contributed by atoms with Crippen molar-refractivity contribution < 1.29 is 27.2 Å². The molecule has 172 valence electrons. The number of aryl methyl sites for hydroxylation is 2. The van der Waals surface area contributed by atoms with Crippen LogP contribution in [0.2, 0.25) is 0 Å². The van der Waals surface area contributed by atoms with Gasteiger partial charge in [0.25, 0.3) is 11.8 Å². The highest BCUT2D eigenvalue weighted by atomic mass is 32.1. The first-order valence-corrected chi connectivity index (χ1v) is 10.9. The normalized spacial score (nSPS) is 13.6. The SMILES string of the molecule is Cc1nc2c(s1)CCN(C(=O)C(F)(F)c1cc(C(=O)Nc3ccc(F)c(C)c3)ccc1F)C2. The third-order valence-corrected chi connectivity index (χ3v) is 6.45. The van der Waals surface area contributed by atoms with Crippen LogP contribution in [0.3, 0.4) is 0 Å². The largest absolute Gasteiger partial charge is 0.352 e. The van der Waals surface area contributed by atoms with Crippen molar-refractivity contribution in [1.82, 2.24) is 9.88 Å². The predicted octanol–water partition coefficient (Wildman–Crippen LogP) is 4.97. The van der Waals surface area contributed by atoms with Crippen molar-refractivity contribution in [2.24, 2.45) is 0 Å². The molecular formula is C23H19F4N3O2S. The van der Waals surface area contributed by atoms with Crippen LogP contribution in [-0.2, 0) is 23.7 Å². The number of carbonyl (C=O) groups is 2. The standard InChI is InChI=1S/C23H19F4N3O2S/c1-12-9-15(4-6-17(12)24)29-21(31)14-3-5-18(25)16(10-14)23(26,27)22(32)30-8-7-20-19(11-30)28-13(2)33-20/h3-6,9-10H,7-8,11H2,1-2H3,(H,29,31). The Bertz CT molecular complexity index is 1260. The Morgan fingerprint density at radius 3 is 2.55 bits per heavy atom. The summed E-state index contributed by atoms with van der Waals surface area (Å²) in [6.07, 6.45) is 0.394. The molecule has 4 rings (SSSR count). The Hall–Kier alpha value is -3.27. The quantitative estimate of drug-likeness (QED) is 0.540. The van der Waals surface area contributed by atoms with Crippen molar-refractivity contribution in [3.8, 4) is 0 Å². The fourth-order valence-corrected chi connectivity index (χ4v) is 4.58. The molecule has 0 spiro atoms. The minimum absolute atomic E-state index is 0.0643.